The number of nitrogens with zero attached hydrogens (tertiary/aromatic N) is 3. The lowest BCUT2D eigenvalue weighted by Gasteiger charge is -2.37. The van der Waals surface area contributed by atoms with Crippen LogP contribution in [0, 0.1) is 17.8 Å². The topological polar surface area (TPSA) is 99.6 Å². The van der Waals surface area contributed by atoms with E-state index in [0.717, 1.165) is 18.8 Å². The molecule has 3 saturated heterocycles. The molecule has 1 N–H and O–H groups in total. The molecule has 41 heavy (non-hydrogen) atoms. The second-order valence-electron chi connectivity index (χ2n) is 11.5. The monoisotopic (exact) mass is 567 g/mol. The molecule has 3 unspecified atom stereocenters. The molecule has 9 nitrogen and oxygen atoms in total. The lowest BCUT2D eigenvalue weighted by molar-refractivity contribution is -0.161. The van der Waals surface area contributed by atoms with Gasteiger partial charge in [0.25, 0.3) is 5.91 Å². The second kappa shape index (κ2) is 12.4. The Bertz CT molecular complexity index is 1150. The first kappa shape index (κ1) is 30.8. The Labute approximate surface area is 243 Å². The summed E-state index contributed by atoms with van der Waals surface area (Å²) in [4.78, 5) is 47.6. The number of amides is 2. The molecule has 9 heteroatoms. The summed E-state index contributed by atoms with van der Waals surface area (Å²) in [6.07, 6.45) is 4.61. The number of fused-ring (bicyclic) bond motifs is 1. The molecule has 3 fully saturated rings. The molecule has 1 aromatic rings. The quantitative estimate of drug-likeness (QED) is 0.209. The smallest absolute Gasteiger partial charge is 0.312 e. The van der Waals surface area contributed by atoms with E-state index in [2.05, 4.69) is 31.9 Å². The number of carbonyl (C=O) groups excluding carboxylic acids is 3. The van der Waals surface area contributed by atoms with Crippen LogP contribution in [0.25, 0.3) is 0 Å². The van der Waals surface area contributed by atoms with Crippen molar-refractivity contribution >= 4 is 29.2 Å². The van der Waals surface area contributed by atoms with Gasteiger partial charge in [-0.05, 0) is 70.2 Å². The molecule has 1 aromatic carbocycles. The van der Waals surface area contributed by atoms with Crippen LogP contribution >= 0.6 is 0 Å². The van der Waals surface area contributed by atoms with E-state index in [0.29, 0.717) is 24.9 Å². The fraction of sp³-hybridized carbons (Fsp3) is 0.594. The van der Waals surface area contributed by atoms with Crippen LogP contribution in [0.4, 0.5) is 11.4 Å². The number of aliphatic hydroxyl groups is 1. The van der Waals surface area contributed by atoms with Gasteiger partial charge in [-0.3, -0.25) is 14.4 Å². The Morgan fingerprint density at radius 1 is 1.17 bits per heavy atom. The fourth-order valence-corrected chi connectivity index (χ4v) is 7.22. The van der Waals surface area contributed by atoms with Crippen LogP contribution < -0.4 is 9.80 Å². The molecule has 3 aliphatic heterocycles. The van der Waals surface area contributed by atoms with Gasteiger partial charge in [-0.2, -0.15) is 0 Å². The third kappa shape index (κ3) is 5.07. The Kier molecular flexibility index (Phi) is 9.29. The molecule has 2 amide bonds. The first-order valence-electron chi connectivity index (χ1n) is 14.8. The van der Waals surface area contributed by atoms with E-state index in [9.17, 15) is 19.5 Å². The summed E-state index contributed by atoms with van der Waals surface area (Å²) in [5.41, 5.74) is -0.378. The maximum absolute atomic E-state index is 14.6. The Balaban J connectivity index is 1.75. The van der Waals surface area contributed by atoms with Crippen molar-refractivity contribution in [1.29, 1.82) is 0 Å². The molecule has 3 heterocycles. The first-order valence-corrected chi connectivity index (χ1v) is 14.8. The summed E-state index contributed by atoms with van der Waals surface area (Å²) in [5, 5.41) is 9.63. The summed E-state index contributed by atoms with van der Waals surface area (Å²) >= 11 is 0. The normalized spacial score (nSPS) is 29.8. The molecule has 0 aromatic heterocycles. The van der Waals surface area contributed by atoms with Gasteiger partial charge < -0.3 is 29.3 Å². The molecule has 4 rings (SSSR count). The van der Waals surface area contributed by atoms with Crippen LogP contribution in [0.1, 0.15) is 47.0 Å². The number of hydrogen-bond acceptors (Lipinski definition) is 7. The first-order chi connectivity index (χ1) is 19.6. The van der Waals surface area contributed by atoms with Crippen molar-refractivity contribution in [1.82, 2.24) is 4.90 Å². The van der Waals surface area contributed by atoms with Gasteiger partial charge in [0.15, 0.2) is 0 Å². The third-order valence-electron chi connectivity index (χ3n) is 9.29. The van der Waals surface area contributed by atoms with Gasteiger partial charge in [-0.15, -0.1) is 13.2 Å². The van der Waals surface area contributed by atoms with Crippen molar-refractivity contribution in [3.05, 3.63) is 49.6 Å². The number of rotatable bonds is 14. The van der Waals surface area contributed by atoms with Crippen LogP contribution in [0.15, 0.2) is 49.6 Å². The van der Waals surface area contributed by atoms with Gasteiger partial charge in [0.1, 0.15) is 17.6 Å². The highest BCUT2D eigenvalue weighted by atomic mass is 16.6. The number of hydrogen-bond donors (Lipinski definition) is 1. The number of aliphatic hydroxyl groups excluding tert-OH is 1. The van der Waals surface area contributed by atoms with E-state index in [1.54, 1.807) is 17.1 Å². The highest BCUT2D eigenvalue weighted by molar-refractivity contribution is 6.05. The van der Waals surface area contributed by atoms with Crippen molar-refractivity contribution in [3.8, 4) is 0 Å². The zero-order valence-electron chi connectivity index (χ0n) is 24.9. The van der Waals surface area contributed by atoms with Gasteiger partial charge in [0, 0.05) is 44.2 Å². The van der Waals surface area contributed by atoms with Crippen molar-refractivity contribution in [2.75, 3.05) is 49.2 Å². The Morgan fingerprint density at radius 3 is 2.41 bits per heavy atom. The van der Waals surface area contributed by atoms with Gasteiger partial charge >= 0.3 is 5.97 Å². The van der Waals surface area contributed by atoms with E-state index >= 15 is 0 Å². The number of likely N-dealkylation sites (tertiary alicyclic amines) is 1. The maximum Gasteiger partial charge on any atom is 0.312 e. The molecule has 1 spiro atoms. The molecule has 2 bridgehead atoms. The SMILES string of the molecule is C=CCCOC(=O)[C@H]1[C@H]2C(=O)N(CCCO)C(C(=O)N(CC=C)c3ccc(N(CC)CC)cc3)C23CC(C)[C@]1(C)O3. The lowest BCUT2D eigenvalue weighted by atomic mass is 9.62. The van der Waals surface area contributed by atoms with Crippen molar-refractivity contribution < 1.29 is 29.0 Å². The average Bonchev–Trinajstić information content (AvgIpc) is 3.47. The van der Waals surface area contributed by atoms with Gasteiger partial charge in [0.2, 0.25) is 5.91 Å². The summed E-state index contributed by atoms with van der Waals surface area (Å²) in [6, 6.07) is 6.85. The highest BCUT2D eigenvalue weighted by Crippen LogP contribution is 2.65. The van der Waals surface area contributed by atoms with Crippen LogP contribution in [-0.2, 0) is 23.9 Å². The summed E-state index contributed by atoms with van der Waals surface area (Å²) < 4.78 is 12.3. The fourth-order valence-electron chi connectivity index (χ4n) is 7.22. The van der Waals surface area contributed by atoms with Crippen LogP contribution in [0.3, 0.4) is 0 Å². The molecule has 3 aliphatic rings. The van der Waals surface area contributed by atoms with Crippen LogP contribution in [0.5, 0.6) is 0 Å². The van der Waals surface area contributed by atoms with Crippen LogP contribution in [0.2, 0.25) is 0 Å². The number of benzene rings is 1. The number of anilines is 2. The molecule has 6 atom stereocenters. The largest absolute Gasteiger partial charge is 0.465 e. The predicted octanol–water partition coefficient (Wildman–Crippen LogP) is 3.56. The van der Waals surface area contributed by atoms with E-state index in [-0.39, 0.29) is 44.0 Å². The third-order valence-corrected chi connectivity index (χ3v) is 9.29. The average molecular weight is 568 g/mol. The van der Waals surface area contributed by atoms with E-state index in [4.69, 9.17) is 9.47 Å². The number of carbonyl (C=O) groups is 3. The molecule has 0 radical (unpaired) electrons. The van der Waals surface area contributed by atoms with Gasteiger partial charge in [0.05, 0.1) is 18.1 Å². The van der Waals surface area contributed by atoms with Gasteiger partial charge in [-0.25, -0.2) is 0 Å². The summed E-state index contributed by atoms with van der Waals surface area (Å²) in [5.74, 6) is -2.83. The number of ether oxygens (including phenoxy) is 2. The molecule has 224 valence electrons. The number of esters is 1. The lowest BCUT2D eigenvalue weighted by Crippen LogP contribution is -2.57. The standard InChI is InChI=1S/C32H45N3O6/c1-7-11-20-40-30(39)26-25-28(37)35(18-12-19-36)27(32(25)21-22(5)31(26,6)41-32)29(38)34(17-8-2)24-15-13-23(14-16-24)33(9-3)10-4/h7-8,13-16,22,25-27,36H,1-2,9-12,17-21H2,3-6H3/t22?,25-,26+,27?,31-,32?/m0/s1. The summed E-state index contributed by atoms with van der Waals surface area (Å²) in [7, 11) is 0. The minimum absolute atomic E-state index is 0.0854. The predicted molar refractivity (Wildman–Crippen MR) is 159 cm³/mol. The zero-order valence-corrected chi connectivity index (χ0v) is 24.9. The van der Waals surface area contributed by atoms with Crippen molar-refractivity contribution in [2.45, 2.75) is 64.2 Å². The van der Waals surface area contributed by atoms with Crippen LogP contribution in [-0.4, -0.2) is 84.4 Å². The maximum atomic E-state index is 14.6. The van der Waals surface area contributed by atoms with Gasteiger partial charge in [-0.1, -0.05) is 19.1 Å². The van der Waals surface area contributed by atoms with E-state index < -0.39 is 35.0 Å². The van der Waals surface area contributed by atoms with E-state index in [1.165, 1.54) is 4.90 Å². The minimum Gasteiger partial charge on any atom is -0.465 e. The molecule has 0 aliphatic carbocycles. The Hall–Kier alpha value is -3.17. The molecule has 0 saturated carbocycles. The van der Waals surface area contributed by atoms with Crippen molar-refractivity contribution in [3.63, 3.8) is 0 Å². The Morgan fingerprint density at radius 2 is 1.83 bits per heavy atom. The zero-order chi connectivity index (χ0) is 29.9. The molecular weight excluding hydrogens is 522 g/mol. The molecular formula is C32H45N3O6. The summed E-state index contributed by atoms with van der Waals surface area (Å²) in [6.45, 7) is 17.8. The minimum atomic E-state index is -1.18. The van der Waals surface area contributed by atoms with Crippen molar-refractivity contribution in [2.24, 2.45) is 17.8 Å². The van der Waals surface area contributed by atoms with E-state index in [1.807, 2.05) is 38.1 Å². The highest BCUT2D eigenvalue weighted by Gasteiger charge is 2.80. The second-order valence-corrected chi connectivity index (χ2v) is 11.5.